The summed E-state index contributed by atoms with van der Waals surface area (Å²) in [5, 5.41) is 2.55. The summed E-state index contributed by atoms with van der Waals surface area (Å²) in [4.78, 5) is 25.4. The Morgan fingerprint density at radius 1 is 1.37 bits per heavy atom. The molecule has 1 N–H and O–H groups in total. The molecule has 0 saturated carbocycles. The highest BCUT2D eigenvalue weighted by atomic mass is 19.4. The van der Waals surface area contributed by atoms with E-state index >= 15 is 0 Å². The lowest BCUT2D eigenvalue weighted by Crippen LogP contribution is -2.50. The van der Waals surface area contributed by atoms with Crippen LogP contribution in [0.2, 0.25) is 0 Å². The van der Waals surface area contributed by atoms with Gasteiger partial charge in [0.05, 0.1) is 0 Å². The van der Waals surface area contributed by atoms with E-state index in [-0.39, 0.29) is 13.0 Å². The number of hydrogen-bond donors (Lipinski definition) is 1. The first kappa shape index (κ1) is 15.7. The third kappa shape index (κ3) is 4.38. The van der Waals surface area contributed by atoms with Crippen LogP contribution in [0.25, 0.3) is 0 Å². The van der Waals surface area contributed by atoms with Crippen LogP contribution in [0.3, 0.4) is 0 Å². The van der Waals surface area contributed by atoms with E-state index in [0.29, 0.717) is 24.4 Å². The molecule has 110 valence electrons. The molecule has 0 bridgehead atoms. The Hall–Kier alpha value is -1.31. The maximum atomic E-state index is 12.4. The van der Waals surface area contributed by atoms with Crippen LogP contribution >= 0.6 is 0 Å². The van der Waals surface area contributed by atoms with E-state index in [1.165, 1.54) is 0 Å². The Labute approximate surface area is 109 Å². The first-order valence-electron chi connectivity index (χ1n) is 6.03. The van der Waals surface area contributed by atoms with Crippen LogP contribution in [0.5, 0.6) is 0 Å². The molecular formula is C11H18F3N3O2. The minimum absolute atomic E-state index is 0.0237. The monoisotopic (exact) mass is 281 g/mol. The number of halogens is 3. The Morgan fingerprint density at radius 3 is 2.53 bits per heavy atom. The number of likely N-dealkylation sites (tertiary alicyclic amines) is 1. The van der Waals surface area contributed by atoms with E-state index in [0.717, 1.165) is 0 Å². The summed E-state index contributed by atoms with van der Waals surface area (Å²) < 4.78 is 37.1. The molecule has 0 aromatic carbocycles. The number of carbonyl (C=O) groups excluding carboxylic acids is 2. The molecule has 0 aromatic rings. The maximum Gasteiger partial charge on any atom is 0.471 e. The van der Waals surface area contributed by atoms with Crippen LogP contribution in [-0.2, 0) is 9.59 Å². The quantitative estimate of drug-likeness (QED) is 0.802. The molecule has 1 heterocycles. The lowest BCUT2D eigenvalue weighted by molar-refractivity contribution is -0.186. The Balaban J connectivity index is 2.56. The molecule has 0 radical (unpaired) electrons. The molecule has 1 atom stereocenters. The average Bonchev–Trinajstić information content (AvgIpc) is 2.74. The molecule has 5 nitrogen and oxygen atoms in total. The summed E-state index contributed by atoms with van der Waals surface area (Å²) in [7, 11) is 3.64. The van der Waals surface area contributed by atoms with Crippen LogP contribution < -0.4 is 5.32 Å². The first-order chi connectivity index (χ1) is 8.73. The zero-order valence-electron chi connectivity index (χ0n) is 11.0. The zero-order valence-corrected chi connectivity index (χ0v) is 11.0. The average molecular weight is 281 g/mol. The summed E-state index contributed by atoms with van der Waals surface area (Å²) in [6.45, 7) is 0.909. The molecule has 0 aromatic heterocycles. The number of carbonyl (C=O) groups is 2. The van der Waals surface area contributed by atoms with Gasteiger partial charge in [-0.15, -0.1) is 0 Å². The highest BCUT2D eigenvalue weighted by molar-refractivity contribution is 5.90. The smallest absolute Gasteiger partial charge is 0.353 e. The van der Waals surface area contributed by atoms with Gasteiger partial charge in [0.15, 0.2) is 0 Å². The van der Waals surface area contributed by atoms with Gasteiger partial charge in [-0.25, -0.2) is 0 Å². The summed E-state index contributed by atoms with van der Waals surface area (Å²) in [5.41, 5.74) is 0. The molecule has 1 fully saturated rings. The molecule has 1 unspecified atom stereocenters. The van der Waals surface area contributed by atoms with Crippen molar-refractivity contribution in [2.24, 2.45) is 0 Å². The number of alkyl halides is 3. The number of nitrogens with one attached hydrogen (secondary N) is 1. The van der Waals surface area contributed by atoms with Crippen molar-refractivity contribution >= 4 is 11.8 Å². The Bertz CT molecular complexity index is 345. The van der Waals surface area contributed by atoms with Gasteiger partial charge in [-0.2, -0.15) is 13.2 Å². The number of likely N-dealkylation sites (N-methyl/N-ethyl adjacent to an activating group) is 1. The van der Waals surface area contributed by atoms with Crippen molar-refractivity contribution in [1.82, 2.24) is 15.1 Å². The molecular weight excluding hydrogens is 263 g/mol. The Kier molecular flexibility index (Phi) is 5.16. The first-order valence-corrected chi connectivity index (χ1v) is 6.03. The van der Waals surface area contributed by atoms with Crippen LogP contribution in [-0.4, -0.2) is 67.6 Å². The van der Waals surface area contributed by atoms with Crippen molar-refractivity contribution in [2.75, 3.05) is 33.7 Å². The third-order valence-electron chi connectivity index (χ3n) is 2.92. The summed E-state index contributed by atoms with van der Waals surface area (Å²) >= 11 is 0. The number of nitrogens with zero attached hydrogens (tertiary/aromatic N) is 2. The van der Waals surface area contributed by atoms with Crippen molar-refractivity contribution in [3.8, 4) is 0 Å². The van der Waals surface area contributed by atoms with Crippen molar-refractivity contribution < 1.29 is 22.8 Å². The minimum atomic E-state index is -4.92. The van der Waals surface area contributed by atoms with Crippen LogP contribution in [0.4, 0.5) is 13.2 Å². The van der Waals surface area contributed by atoms with Crippen molar-refractivity contribution in [2.45, 2.75) is 25.1 Å². The van der Waals surface area contributed by atoms with E-state index < -0.39 is 24.0 Å². The lowest BCUT2D eigenvalue weighted by atomic mass is 10.2. The second kappa shape index (κ2) is 6.23. The SMILES string of the molecule is CN(C)CCNC(=O)C1CCCN1C(=O)C(F)(F)F. The second-order valence-electron chi connectivity index (χ2n) is 4.75. The van der Waals surface area contributed by atoms with Crippen LogP contribution in [0.15, 0.2) is 0 Å². The molecule has 2 amide bonds. The van der Waals surface area contributed by atoms with E-state index in [9.17, 15) is 22.8 Å². The fraction of sp³-hybridized carbons (Fsp3) is 0.818. The number of hydrogen-bond acceptors (Lipinski definition) is 3. The van der Waals surface area contributed by atoms with Gasteiger partial charge in [0.2, 0.25) is 5.91 Å². The maximum absolute atomic E-state index is 12.4. The van der Waals surface area contributed by atoms with Crippen molar-refractivity contribution in [3.63, 3.8) is 0 Å². The predicted octanol–water partition coefficient (Wildman–Crippen LogP) is 0.218. The van der Waals surface area contributed by atoms with Gasteiger partial charge in [0, 0.05) is 19.6 Å². The van der Waals surface area contributed by atoms with Crippen molar-refractivity contribution in [1.29, 1.82) is 0 Å². The summed E-state index contributed by atoms with van der Waals surface area (Å²) in [5.74, 6) is -2.45. The van der Waals surface area contributed by atoms with E-state index in [1.54, 1.807) is 0 Å². The van der Waals surface area contributed by atoms with Crippen molar-refractivity contribution in [3.05, 3.63) is 0 Å². The summed E-state index contributed by atoms with van der Waals surface area (Å²) in [6.07, 6.45) is -4.24. The van der Waals surface area contributed by atoms with E-state index in [2.05, 4.69) is 5.32 Å². The van der Waals surface area contributed by atoms with Gasteiger partial charge in [-0.05, 0) is 26.9 Å². The number of rotatable bonds is 4. The predicted molar refractivity (Wildman–Crippen MR) is 62.4 cm³/mol. The molecule has 1 saturated heterocycles. The summed E-state index contributed by atoms with van der Waals surface area (Å²) in [6, 6.07) is -1.00. The fourth-order valence-corrected chi connectivity index (χ4v) is 1.97. The lowest BCUT2D eigenvalue weighted by Gasteiger charge is -2.25. The molecule has 0 aliphatic carbocycles. The van der Waals surface area contributed by atoms with Crippen LogP contribution in [0, 0.1) is 0 Å². The minimum Gasteiger partial charge on any atom is -0.353 e. The van der Waals surface area contributed by atoms with Gasteiger partial charge in [0.25, 0.3) is 0 Å². The van der Waals surface area contributed by atoms with E-state index in [4.69, 9.17) is 0 Å². The molecule has 1 aliphatic heterocycles. The van der Waals surface area contributed by atoms with Gasteiger partial charge >= 0.3 is 12.1 Å². The molecule has 0 spiro atoms. The largest absolute Gasteiger partial charge is 0.471 e. The van der Waals surface area contributed by atoms with Gasteiger partial charge in [-0.3, -0.25) is 9.59 Å². The molecule has 1 rings (SSSR count). The van der Waals surface area contributed by atoms with Crippen LogP contribution in [0.1, 0.15) is 12.8 Å². The van der Waals surface area contributed by atoms with E-state index in [1.807, 2.05) is 19.0 Å². The molecule has 19 heavy (non-hydrogen) atoms. The molecule has 8 heteroatoms. The molecule has 1 aliphatic rings. The Morgan fingerprint density at radius 2 is 2.00 bits per heavy atom. The van der Waals surface area contributed by atoms with Gasteiger partial charge in [0.1, 0.15) is 6.04 Å². The topological polar surface area (TPSA) is 52.7 Å². The third-order valence-corrected chi connectivity index (χ3v) is 2.92. The normalized spacial score (nSPS) is 19.9. The highest BCUT2D eigenvalue weighted by Crippen LogP contribution is 2.25. The van der Waals surface area contributed by atoms with Gasteiger partial charge in [-0.1, -0.05) is 0 Å². The standard InChI is InChI=1S/C11H18F3N3O2/c1-16(2)7-5-15-9(18)8-4-3-6-17(8)10(19)11(12,13)14/h8H,3-7H2,1-2H3,(H,15,18). The number of amides is 2. The van der Waals surface area contributed by atoms with Gasteiger partial charge < -0.3 is 15.1 Å². The fourth-order valence-electron chi connectivity index (χ4n) is 1.97. The highest BCUT2D eigenvalue weighted by Gasteiger charge is 2.47. The zero-order chi connectivity index (χ0) is 14.6. The second-order valence-corrected chi connectivity index (χ2v) is 4.75.